The van der Waals surface area contributed by atoms with Crippen LogP contribution in [0.1, 0.15) is 16.3 Å². The predicted octanol–water partition coefficient (Wildman–Crippen LogP) is 0.0442. The van der Waals surface area contributed by atoms with Gasteiger partial charge in [-0.2, -0.15) is 0 Å². The normalized spacial score (nSPS) is 11.6. The van der Waals surface area contributed by atoms with Crippen molar-refractivity contribution < 1.29 is 10.2 Å². The van der Waals surface area contributed by atoms with Crippen LogP contribution in [0.2, 0.25) is 0 Å². The molecule has 0 bridgehead atoms. The van der Waals surface area contributed by atoms with E-state index < -0.39 is 6.04 Å². The van der Waals surface area contributed by atoms with Gasteiger partial charge in [-0.15, -0.1) is 11.3 Å². The number of nitrogens with zero attached hydrogens (tertiary/aromatic N) is 1. The van der Waals surface area contributed by atoms with Crippen molar-refractivity contribution in [3.63, 3.8) is 0 Å². The molecule has 0 atom stereocenters. The summed E-state index contributed by atoms with van der Waals surface area (Å²) >= 11 is 1.50. The number of H-pyrrole nitrogens is 1. The van der Waals surface area contributed by atoms with Crippen LogP contribution in [0.3, 0.4) is 0 Å². The minimum Gasteiger partial charge on any atom is -0.395 e. The molecule has 19 heavy (non-hydrogen) atoms. The van der Waals surface area contributed by atoms with Gasteiger partial charge < -0.3 is 20.5 Å². The lowest BCUT2D eigenvalue weighted by molar-refractivity contribution is 0.169. The Morgan fingerprint density at radius 3 is 2.68 bits per heavy atom. The van der Waals surface area contributed by atoms with E-state index in [4.69, 9.17) is 10.2 Å². The van der Waals surface area contributed by atoms with Crippen molar-refractivity contribution in [3.8, 4) is 0 Å². The smallest absolute Gasteiger partial charge is 0.259 e. The zero-order valence-corrected chi connectivity index (χ0v) is 11.7. The predicted molar refractivity (Wildman–Crippen MR) is 74.5 cm³/mol. The molecule has 0 amide bonds. The van der Waals surface area contributed by atoms with Crippen molar-refractivity contribution in [2.45, 2.75) is 26.4 Å². The molecule has 0 saturated heterocycles. The number of fused-ring (bicyclic) bond motifs is 1. The van der Waals surface area contributed by atoms with Gasteiger partial charge in [0.05, 0.1) is 31.2 Å². The summed E-state index contributed by atoms with van der Waals surface area (Å²) in [4.78, 5) is 20.9. The number of aromatic amines is 1. The molecule has 0 aliphatic heterocycles. The summed E-state index contributed by atoms with van der Waals surface area (Å²) in [5, 5.41) is 21.5. The molecule has 0 fully saturated rings. The van der Waals surface area contributed by atoms with E-state index in [0.717, 1.165) is 15.3 Å². The Labute approximate surface area is 114 Å². The topological polar surface area (TPSA) is 98.2 Å². The van der Waals surface area contributed by atoms with Gasteiger partial charge >= 0.3 is 0 Å². The fraction of sp³-hybridized carbons (Fsp3) is 0.500. The van der Waals surface area contributed by atoms with Gasteiger partial charge in [0.2, 0.25) is 0 Å². The minimum atomic E-state index is -0.409. The maximum absolute atomic E-state index is 12.0. The summed E-state index contributed by atoms with van der Waals surface area (Å²) in [6.07, 6.45) is 0. The van der Waals surface area contributed by atoms with Crippen LogP contribution in [0.15, 0.2) is 4.79 Å². The Morgan fingerprint density at radius 2 is 2.05 bits per heavy atom. The standard InChI is InChI=1S/C12H17N3O3S/c1-6-7(2)19-12-10(6)11(18)14-9(15-12)3-13-8(4-16)5-17/h8,13,16-17H,3-5H2,1-2H3,(H,14,15,18). The monoisotopic (exact) mass is 283 g/mol. The first-order valence-corrected chi connectivity index (χ1v) is 6.82. The second kappa shape index (κ2) is 5.79. The summed E-state index contributed by atoms with van der Waals surface area (Å²) in [6, 6.07) is -0.409. The summed E-state index contributed by atoms with van der Waals surface area (Å²) in [5.41, 5.74) is 0.824. The Bertz CT molecular complexity index is 631. The molecule has 2 heterocycles. The fourth-order valence-electron chi connectivity index (χ4n) is 1.81. The van der Waals surface area contributed by atoms with Gasteiger partial charge in [-0.1, -0.05) is 0 Å². The molecular formula is C12H17N3O3S. The van der Waals surface area contributed by atoms with E-state index in [2.05, 4.69) is 15.3 Å². The highest BCUT2D eigenvalue weighted by atomic mass is 32.1. The van der Waals surface area contributed by atoms with Crippen LogP contribution in [-0.4, -0.2) is 39.4 Å². The third-order valence-electron chi connectivity index (χ3n) is 3.09. The average molecular weight is 283 g/mol. The zero-order chi connectivity index (χ0) is 14.0. The van der Waals surface area contributed by atoms with Crippen molar-refractivity contribution in [2.75, 3.05) is 13.2 Å². The molecule has 0 saturated carbocycles. The first kappa shape index (κ1) is 14.1. The number of aliphatic hydroxyl groups excluding tert-OH is 2. The maximum Gasteiger partial charge on any atom is 0.259 e. The van der Waals surface area contributed by atoms with Gasteiger partial charge in [0.25, 0.3) is 5.56 Å². The van der Waals surface area contributed by atoms with Crippen molar-refractivity contribution in [1.29, 1.82) is 0 Å². The number of nitrogens with one attached hydrogen (secondary N) is 2. The molecule has 2 aromatic rings. The lowest BCUT2D eigenvalue weighted by Gasteiger charge is -2.12. The van der Waals surface area contributed by atoms with Crippen molar-refractivity contribution in [2.24, 2.45) is 0 Å². The molecule has 0 spiro atoms. The van der Waals surface area contributed by atoms with Gasteiger partial charge in [-0.3, -0.25) is 4.79 Å². The zero-order valence-electron chi connectivity index (χ0n) is 10.9. The summed E-state index contributed by atoms with van der Waals surface area (Å²) < 4.78 is 0. The molecule has 0 aliphatic rings. The molecule has 2 rings (SSSR count). The molecule has 0 aromatic carbocycles. The van der Waals surface area contributed by atoms with Crippen LogP contribution in [0, 0.1) is 13.8 Å². The fourth-order valence-corrected chi connectivity index (χ4v) is 2.86. The Hall–Kier alpha value is -1.28. The molecule has 0 aliphatic carbocycles. The van der Waals surface area contributed by atoms with Gasteiger partial charge in [0.1, 0.15) is 10.7 Å². The van der Waals surface area contributed by atoms with E-state index in [-0.39, 0.29) is 18.8 Å². The Balaban J connectivity index is 2.29. The molecule has 2 aromatic heterocycles. The molecule has 4 N–H and O–H groups in total. The van der Waals surface area contributed by atoms with Crippen molar-refractivity contribution in [1.82, 2.24) is 15.3 Å². The SMILES string of the molecule is Cc1sc2nc(CNC(CO)CO)[nH]c(=O)c2c1C. The van der Waals surface area contributed by atoms with Crippen LogP contribution in [0.5, 0.6) is 0 Å². The number of aryl methyl sites for hydroxylation is 2. The number of aliphatic hydroxyl groups is 2. The van der Waals surface area contributed by atoms with Crippen molar-refractivity contribution in [3.05, 3.63) is 26.6 Å². The minimum absolute atomic E-state index is 0.145. The van der Waals surface area contributed by atoms with E-state index >= 15 is 0 Å². The van der Waals surface area contributed by atoms with E-state index in [1.165, 1.54) is 11.3 Å². The number of aromatic nitrogens is 2. The van der Waals surface area contributed by atoms with E-state index in [1.54, 1.807) is 0 Å². The molecule has 0 radical (unpaired) electrons. The van der Waals surface area contributed by atoms with Gasteiger partial charge in [-0.05, 0) is 19.4 Å². The summed E-state index contributed by atoms with van der Waals surface area (Å²) in [6.45, 7) is 3.84. The molecule has 104 valence electrons. The van der Waals surface area contributed by atoms with E-state index in [1.807, 2.05) is 13.8 Å². The Kier molecular flexibility index (Phi) is 4.31. The molecule has 0 unspecified atom stereocenters. The number of hydrogen-bond donors (Lipinski definition) is 4. The maximum atomic E-state index is 12.0. The third kappa shape index (κ3) is 2.84. The largest absolute Gasteiger partial charge is 0.395 e. The summed E-state index contributed by atoms with van der Waals surface area (Å²) in [7, 11) is 0. The van der Waals surface area contributed by atoms with Crippen LogP contribution < -0.4 is 10.9 Å². The molecule has 6 nitrogen and oxygen atoms in total. The lowest BCUT2D eigenvalue weighted by Crippen LogP contribution is -2.36. The number of thiophene rings is 1. The van der Waals surface area contributed by atoms with E-state index in [0.29, 0.717) is 17.8 Å². The van der Waals surface area contributed by atoms with Gasteiger partial charge in [0.15, 0.2) is 0 Å². The second-order valence-electron chi connectivity index (χ2n) is 4.42. The highest BCUT2D eigenvalue weighted by Gasteiger charge is 2.12. The van der Waals surface area contributed by atoms with E-state index in [9.17, 15) is 4.79 Å². The molecule has 7 heteroatoms. The first-order chi connectivity index (χ1) is 9.06. The number of hydrogen-bond acceptors (Lipinski definition) is 6. The third-order valence-corrected chi connectivity index (χ3v) is 4.19. The van der Waals surface area contributed by atoms with Gasteiger partial charge in [-0.25, -0.2) is 4.98 Å². The molecular weight excluding hydrogens is 266 g/mol. The summed E-state index contributed by atoms with van der Waals surface area (Å²) in [5.74, 6) is 0.505. The number of rotatable bonds is 5. The van der Waals surface area contributed by atoms with Crippen LogP contribution in [0.25, 0.3) is 10.2 Å². The highest BCUT2D eigenvalue weighted by molar-refractivity contribution is 7.18. The average Bonchev–Trinajstić information content (AvgIpc) is 2.66. The van der Waals surface area contributed by atoms with Gasteiger partial charge in [0, 0.05) is 4.88 Å². The van der Waals surface area contributed by atoms with Crippen LogP contribution >= 0.6 is 11.3 Å². The van der Waals surface area contributed by atoms with Crippen LogP contribution in [-0.2, 0) is 6.54 Å². The lowest BCUT2D eigenvalue weighted by atomic mass is 10.2. The quantitative estimate of drug-likeness (QED) is 0.621. The van der Waals surface area contributed by atoms with Crippen LogP contribution in [0.4, 0.5) is 0 Å². The van der Waals surface area contributed by atoms with Crippen molar-refractivity contribution >= 4 is 21.6 Å². The Morgan fingerprint density at radius 1 is 1.37 bits per heavy atom. The second-order valence-corrected chi connectivity index (χ2v) is 5.62. The highest BCUT2D eigenvalue weighted by Crippen LogP contribution is 2.25. The first-order valence-electron chi connectivity index (χ1n) is 6.00.